The van der Waals surface area contributed by atoms with E-state index in [9.17, 15) is 0 Å². The van der Waals surface area contributed by atoms with Crippen molar-refractivity contribution in [2.24, 2.45) is 0 Å². The summed E-state index contributed by atoms with van der Waals surface area (Å²) in [6.07, 6.45) is 0. The van der Waals surface area contributed by atoms with Gasteiger partial charge in [-0.25, -0.2) is 9.97 Å². The van der Waals surface area contributed by atoms with Gasteiger partial charge in [0.25, 0.3) is 0 Å². The molecule has 0 radical (unpaired) electrons. The third-order valence-electron chi connectivity index (χ3n) is 11.5. The van der Waals surface area contributed by atoms with Crippen LogP contribution < -0.4 is 9.80 Å². The van der Waals surface area contributed by atoms with Crippen LogP contribution in [0.5, 0.6) is 0 Å². The van der Waals surface area contributed by atoms with Crippen molar-refractivity contribution in [2.45, 2.75) is 19.3 Å². The van der Waals surface area contributed by atoms with E-state index in [1.165, 1.54) is 0 Å². The average molecular weight is 763 g/mol. The summed E-state index contributed by atoms with van der Waals surface area (Å²) in [5.74, 6) is 1.16. The van der Waals surface area contributed by atoms with Gasteiger partial charge in [-0.2, -0.15) is 0 Å². The number of aromatic nitrogens is 2. The maximum absolute atomic E-state index is 6.86. The second-order valence-electron chi connectivity index (χ2n) is 15.0. The standard InChI is InChI=1S/C53H38N4O2/c1-35-54-49-45(56(39-25-13-5-14-26-39)40-27-15-6-16-28-40)33-43-47(51(49)58-35)48-44(53(43,37-21-9-3-10-22-37)38-23-11-4-12-24-38)34-46(50-52(48)59-36(2)55-50)57(41-29-17-7-18-30-41)42-31-19-8-20-32-42/h3-34H,1-2H3. The second kappa shape index (κ2) is 13.7. The molecule has 0 aliphatic heterocycles. The smallest absolute Gasteiger partial charge is 0.192 e. The maximum atomic E-state index is 6.86. The number of oxazole rings is 2. The molecule has 2 heterocycles. The van der Waals surface area contributed by atoms with E-state index in [1.807, 2.05) is 38.1 Å². The summed E-state index contributed by atoms with van der Waals surface area (Å²) in [6.45, 7) is 3.86. The molecular formula is C53H38N4O2. The maximum Gasteiger partial charge on any atom is 0.192 e. The summed E-state index contributed by atoms with van der Waals surface area (Å²) in [7, 11) is 0. The predicted molar refractivity (Wildman–Crippen MR) is 238 cm³/mol. The number of hydrogen-bond acceptors (Lipinski definition) is 6. The summed E-state index contributed by atoms with van der Waals surface area (Å²) < 4.78 is 13.7. The van der Waals surface area contributed by atoms with E-state index in [2.05, 4.69) is 180 Å². The van der Waals surface area contributed by atoms with E-state index in [0.717, 1.165) is 78.5 Å². The summed E-state index contributed by atoms with van der Waals surface area (Å²) in [4.78, 5) is 14.9. The quantitative estimate of drug-likeness (QED) is 0.154. The molecular weight excluding hydrogens is 725 g/mol. The van der Waals surface area contributed by atoms with Gasteiger partial charge in [0.05, 0.1) is 16.8 Å². The Balaban J connectivity index is 1.34. The minimum atomic E-state index is -0.835. The van der Waals surface area contributed by atoms with E-state index in [-0.39, 0.29) is 0 Å². The Morgan fingerprint density at radius 1 is 0.390 bits per heavy atom. The van der Waals surface area contributed by atoms with Crippen molar-refractivity contribution in [3.8, 4) is 11.1 Å². The molecule has 1 aliphatic rings. The van der Waals surface area contributed by atoms with Gasteiger partial charge in [0.2, 0.25) is 0 Å². The molecule has 0 saturated carbocycles. The Hall–Kier alpha value is -7.70. The molecule has 8 aromatic carbocycles. The molecule has 6 heteroatoms. The fourth-order valence-electron chi connectivity index (χ4n) is 9.24. The lowest BCUT2D eigenvalue weighted by molar-refractivity contribution is 0.558. The van der Waals surface area contributed by atoms with Gasteiger partial charge >= 0.3 is 0 Å². The van der Waals surface area contributed by atoms with Crippen LogP contribution in [-0.4, -0.2) is 9.97 Å². The molecule has 1 aliphatic carbocycles. The van der Waals surface area contributed by atoms with Gasteiger partial charge in [-0.15, -0.1) is 0 Å². The highest BCUT2D eigenvalue weighted by molar-refractivity contribution is 6.14. The van der Waals surface area contributed by atoms with Crippen molar-refractivity contribution in [1.29, 1.82) is 0 Å². The molecule has 59 heavy (non-hydrogen) atoms. The van der Waals surface area contributed by atoms with E-state index in [0.29, 0.717) is 22.9 Å². The van der Waals surface area contributed by atoms with Crippen molar-refractivity contribution in [3.63, 3.8) is 0 Å². The average Bonchev–Trinajstić information content (AvgIpc) is 3.97. The molecule has 0 unspecified atom stereocenters. The number of rotatable bonds is 8. The first-order chi connectivity index (χ1) is 29.1. The van der Waals surface area contributed by atoms with Crippen molar-refractivity contribution in [3.05, 3.63) is 228 Å². The first kappa shape index (κ1) is 34.5. The van der Waals surface area contributed by atoms with E-state index in [1.54, 1.807) is 0 Å². The Labute approximate surface area is 342 Å². The lowest BCUT2D eigenvalue weighted by atomic mass is 9.67. The Bertz CT molecular complexity index is 2820. The van der Waals surface area contributed by atoms with Crippen LogP contribution in [0.2, 0.25) is 0 Å². The van der Waals surface area contributed by atoms with Gasteiger partial charge in [0.1, 0.15) is 11.0 Å². The van der Waals surface area contributed by atoms with Crippen molar-refractivity contribution < 1.29 is 8.83 Å². The number of benzene rings is 8. The molecule has 0 saturated heterocycles. The van der Waals surface area contributed by atoms with Crippen molar-refractivity contribution in [1.82, 2.24) is 9.97 Å². The van der Waals surface area contributed by atoms with E-state index < -0.39 is 5.41 Å². The molecule has 0 N–H and O–H groups in total. The molecule has 10 aromatic rings. The summed E-state index contributed by atoms with van der Waals surface area (Å²) in [6, 6.07) is 68.3. The molecule has 0 atom stereocenters. The van der Waals surface area contributed by atoms with Crippen molar-refractivity contribution in [2.75, 3.05) is 9.80 Å². The van der Waals surface area contributed by atoms with Crippen LogP contribution in [-0.2, 0) is 5.41 Å². The normalized spacial score (nSPS) is 12.7. The van der Waals surface area contributed by atoms with Gasteiger partial charge in [0, 0.05) is 47.7 Å². The minimum absolute atomic E-state index is 0.579. The van der Waals surface area contributed by atoms with Gasteiger partial charge in [-0.05, 0) is 82.9 Å². The number of fused-ring (bicyclic) bond motifs is 7. The summed E-state index contributed by atoms with van der Waals surface area (Å²) in [5, 5.41) is 0. The third-order valence-corrected chi connectivity index (χ3v) is 11.5. The van der Waals surface area contributed by atoms with Crippen LogP contribution in [0.4, 0.5) is 34.1 Å². The molecule has 282 valence electrons. The van der Waals surface area contributed by atoms with Gasteiger partial charge < -0.3 is 18.6 Å². The number of hydrogen-bond donors (Lipinski definition) is 0. The molecule has 2 aromatic heterocycles. The minimum Gasteiger partial charge on any atom is -0.440 e. The fourth-order valence-corrected chi connectivity index (χ4v) is 9.24. The zero-order valence-electron chi connectivity index (χ0n) is 32.6. The number of para-hydroxylation sites is 4. The van der Waals surface area contributed by atoms with Gasteiger partial charge in [-0.3, -0.25) is 0 Å². The van der Waals surface area contributed by atoms with Gasteiger partial charge in [-0.1, -0.05) is 133 Å². The summed E-state index contributed by atoms with van der Waals surface area (Å²) in [5.41, 5.74) is 14.2. The van der Waals surface area contributed by atoms with E-state index in [4.69, 9.17) is 18.8 Å². The molecule has 11 rings (SSSR count). The topological polar surface area (TPSA) is 58.5 Å². The Kier molecular flexibility index (Phi) is 8.05. The van der Waals surface area contributed by atoms with E-state index >= 15 is 0 Å². The highest BCUT2D eigenvalue weighted by Crippen LogP contribution is 2.62. The van der Waals surface area contributed by atoms with Crippen LogP contribution in [0.15, 0.2) is 203 Å². The number of anilines is 6. The van der Waals surface area contributed by atoms with Crippen molar-refractivity contribution >= 4 is 56.3 Å². The highest BCUT2D eigenvalue weighted by Gasteiger charge is 2.50. The molecule has 0 spiro atoms. The zero-order chi connectivity index (χ0) is 39.5. The second-order valence-corrected chi connectivity index (χ2v) is 15.0. The van der Waals surface area contributed by atoms with Crippen LogP contribution in [0, 0.1) is 13.8 Å². The van der Waals surface area contributed by atoms with Crippen LogP contribution >= 0.6 is 0 Å². The first-order valence-electron chi connectivity index (χ1n) is 19.9. The molecule has 0 bridgehead atoms. The highest BCUT2D eigenvalue weighted by atomic mass is 16.4. The van der Waals surface area contributed by atoms with Crippen LogP contribution in [0.3, 0.4) is 0 Å². The fraction of sp³-hybridized carbons (Fsp3) is 0.0566. The lowest BCUT2D eigenvalue weighted by Gasteiger charge is -2.35. The van der Waals surface area contributed by atoms with Crippen LogP contribution in [0.25, 0.3) is 33.3 Å². The Morgan fingerprint density at radius 2 is 0.678 bits per heavy atom. The largest absolute Gasteiger partial charge is 0.440 e. The summed E-state index contributed by atoms with van der Waals surface area (Å²) >= 11 is 0. The number of nitrogens with zero attached hydrogens (tertiary/aromatic N) is 4. The zero-order valence-corrected chi connectivity index (χ0v) is 32.6. The molecule has 0 amide bonds. The Morgan fingerprint density at radius 3 is 0.983 bits per heavy atom. The van der Waals surface area contributed by atoms with Gasteiger partial charge in [0.15, 0.2) is 22.9 Å². The third kappa shape index (κ3) is 5.34. The number of aryl methyl sites for hydroxylation is 2. The predicted octanol–water partition coefficient (Wildman–Crippen LogP) is 13.9. The molecule has 6 nitrogen and oxygen atoms in total. The molecule has 0 fully saturated rings. The lowest BCUT2D eigenvalue weighted by Crippen LogP contribution is -2.29. The monoisotopic (exact) mass is 762 g/mol. The SMILES string of the molecule is Cc1nc2c(N(c3ccccc3)c3ccccc3)cc3c(c2o1)-c1c(cc(N(c2ccccc2)c2ccccc2)c2nc(C)oc12)C3(c1ccccc1)c1ccccc1. The first-order valence-corrected chi connectivity index (χ1v) is 19.9. The van der Waals surface area contributed by atoms with Crippen LogP contribution in [0.1, 0.15) is 34.0 Å².